The Morgan fingerprint density at radius 3 is 1.05 bits per heavy atom. The Labute approximate surface area is 1020 Å². The molecule has 0 aliphatic carbocycles. The third-order valence-corrected chi connectivity index (χ3v) is 42.7. The van der Waals surface area contributed by atoms with Crippen molar-refractivity contribution >= 4 is 362 Å². The van der Waals surface area contributed by atoms with Crippen molar-refractivity contribution in [2.45, 2.75) is 358 Å². The number of ketones is 4. The number of hydrogen-bond acceptors (Lipinski definition) is 30. The zero-order valence-electron chi connectivity index (χ0n) is 90.3. The number of carbonyl (C=O) groups excluding carboxylic acids is 8. The summed E-state index contributed by atoms with van der Waals surface area (Å²) >= 11 is 56.1. The number of carboxylic acids is 1. The molecule has 0 saturated carbocycles. The van der Waals surface area contributed by atoms with Gasteiger partial charge in [-0.1, -0.05) is 227 Å². The van der Waals surface area contributed by atoms with Crippen molar-refractivity contribution in [1.29, 1.82) is 0 Å². The number of fused-ring (bicyclic) bond motifs is 7. The summed E-state index contributed by atoms with van der Waals surface area (Å²) in [6.07, 6.45) is 50.2. The zero-order valence-corrected chi connectivity index (χ0v) is 110. The van der Waals surface area contributed by atoms with Crippen LogP contribution in [-0.2, 0) is 74.8 Å². The number of nitrogens with one attached hydrogen (secondary N) is 1. The van der Waals surface area contributed by atoms with E-state index >= 15 is 0 Å². The fourth-order valence-corrected chi connectivity index (χ4v) is 35.2. The monoisotopic (exact) mass is 2660 g/mol. The van der Waals surface area contributed by atoms with Gasteiger partial charge in [0.15, 0.2) is 23.1 Å². The number of unbranched alkanes of at least 4 members (excludes halogenated alkanes) is 30. The van der Waals surface area contributed by atoms with E-state index in [4.69, 9.17) is 50.9 Å². The van der Waals surface area contributed by atoms with E-state index in [1.54, 1.807) is 118 Å². The number of rotatable bonds is 47. The van der Waals surface area contributed by atoms with Crippen LogP contribution in [0.3, 0.4) is 0 Å². The number of aromatic carboxylic acids is 1. The minimum atomic E-state index is -1.00. The van der Waals surface area contributed by atoms with Gasteiger partial charge in [-0.2, -0.15) is 64.8 Å². The molecule has 15 heterocycles. The number of thiol groups is 1. The summed E-state index contributed by atoms with van der Waals surface area (Å²) < 4.78 is 35.2. The van der Waals surface area contributed by atoms with Crippen LogP contribution in [0.25, 0.3) is 30.3 Å². The summed E-state index contributed by atoms with van der Waals surface area (Å²) in [6, 6.07) is 14.0. The minimum Gasteiger partial charge on any atom is -0.343 e. The Morgan fingerprint density at radius 2 is 0.773 bits per heavy atom. The van der Waals surface area contributed by atoms with Gasteiger partial charge >= 0.3 is 61.5 Å². The predicted molar refractivity (Wildman–Crippen MR) is 676 cm³/mol. The number of esters is 2. The first-order valence-corrected chi connectivity index (χ1v) is 68.9. The summed E-state index contributed by atoms with van der Waals surface area (Å²) in [6.45, 7) is 19.4. The average molecular weight is 2670 g/mol. The second-order valence-corrected chi connectivity index (χ2v) is 55.5. The maximum absolute atomic E-state index is 12.3. The molecule has 5 aliphatic heterocycles. The van der Waals surface area contributed by atoms with E-state index in [1.165, 1.54) is 326 Å². The van der Waals surface area contributed by atoms with E-state index in [2.05, 4.69) is 168 Å². The number of halogens is 8. The first-order chi connectivity index (χ1) is 72.3. The summed E-state index contributed by atoms with van der Waals surface area (Å²) in [7, 11) is 9.74. The van der Waals surface area contributed by atoms with Crippen LogP contribution in [-0.4, -0.2) is 124 Å². The van der Waals surface area contributed by atoms with E-state index in [0.717, 1.165) is 144 Å². The number of ether oxygens (including phenoxy) is 2. The molecule has 1 amide bonds. The standard InChI is InChI=1S/2C16H20Br2OS2.C16H24OS2.C16H22OS2.C9H11NO2S2.C9H19.C7H5ClOS2.C7H6O2S2.C4H6O3.C4H8O.C2H7NO.CH2Cl2.CH3F.BHNS.Li.H2/c2*1-2-3-4-5-6-7-8-9-12(19)13-10-11-14(20-13)16(18)21-15(11)17;2*1-2-3-4-5-6-7-8-9-14(17)15-10-13-11-18-12-16(13)19-15;1-10(12-2)9(11)7-3-6-4-13-5-8(6)14-7;1-3-5-7-9-8-6-4-2;2*8-7(9)5-1-4-2-10-3-6(4)11-5;1-3(5)7-4(2)6;1-2-4-5-3-1;1-3-4-2;2-1-3;1-2;1-2-3;;/h2*10H,2-9H2,1H3;10H,2-9,11-12H2,1H3;10-12H,2-9H2,1H3;3H,4-5H2,1-2H3;1,3-9H2,2H3;1H,2-3H2;1H,2-3H2,(H,8,9);1-2H3;1-4H2;3H,1-2H3;1H2;1H3;3H;;1H/q;;;;;-1;;;;;;;;;+1;/i;;;;;;;;;;;;1D;;;1+1. The van der Waals surface area contributed by atoms with Gasteiger partial charge in [0.05, 0.1) is 81.9 Å². The largest absolute Gasteiger partial charge is 1.00 e. The normalized spacial score (nSPS) is 12.1. The molecule has 0 aromatic carbocycles. The Kier molecular flexibility index (Phi) is 90.3. The molecule has 42 heteroatoms. The number of carbonyl (C=O) groups is 9. The predicted octanol–water partition coefficient (Wildman–Crippen LogP) is 38.6. The molecule has 1 fully saturated rings. The summed E-state index contributed by atoms with van der Waals surface area (Å²) in [5.74, 6) is 7.69. The number of amides is 1. The topological polar surface area (TPSA) is 238 Å². The van der Waals surface area contributed by atoms with Gasteiger partial charge in [0, 0.05) is 160 Å². The van der Waals surface area contributed by atoms with E-state index < -0.39 is 25.1 Å². The van der Waals surface area contributed by atoms with Crippen LogP contribution in [0, 0.1) is 6.92 Å². The van der Waals surface area contributed by atoms with Crippen molar-refractivity contribution < 1.29 is 93.5 Å². The van der Waals surface area contributed by atoms with Gasteiger partial charge in [0.1, 0.15) is 4.88 Å². The Balaban J connectivity index is 0.00000167. The molecule has 1 radical (unpaired) electrons. The van der Waals surface area contributed by atoms with Crippen LogP contribution in [0.15, 0.2) is 72.7 Å². The molecule has 0 spiro atoms. The molecule has 0 bridgehead atoms. The molecule has 10 aromatic rings. The van der Waals surface area contributed by atoms with Crippen molar-refractivity contribution in [1.82, 2.24) is 10.5 Å². The molecule has 17 nitrogen and oxygen atoms in total. The van der Waals surface area contributed by atoms with Crippen LogP contribution in [0.1, 0.15) is 424 Å². The molecule has 10 aromatic heterocycles. The number of hydroxylamine groups is 3. The second-order valence-electron chi connectivity index (χ2n) is 34.4. The fourth-order valence-electron chi connectivity index (χ4n) is 14.6. The fraction of sp³-hybridized carbons (Fsp3) is 0.593. The van der Waals surface area contributed by atoms with Crippen molar-refractivity contribution in [3.8, 4) is 0 Å². The Bertz CT molecular complexity index is 5040. The number of carboxylic acid groups (broad SMARTS) is 1. The number of thioether (sulfide) groups is 4. The Hall–Kier alpha value is -1.02. The number of alkyl halides is 3. The Morgan fingerprint density at radius 1 is 0.480 bits per heavy atom. The maximum atomic E-state index is 12.3. The van der Waals surface area contributed by atoms with Crippen LogP contribution in [0.2, 0.25) is 0 Å². The van der Waals surface area contributed by atoms with E-state index in [1.807, 2.05) is 71.3 Å². The van der Waals surface area contributed by atoms with Crippen LogP contribution >= 0.6 is 272 Å². The first-order valence-electron chi connectivity index (χ1n) is 51.7. The smallest absolute Gasteiger partial charge is 0.343 e. The third-order valence-electron chi connectivity index (χ3n) is 22.5. The maximum Gasteiger partial charge on any atom is 1.00 e. The van der Waals surface area contributed by atoms with Crippen molar-refractivity contribution in [3.63, 3.8) is 0 Å². The van der Waals surface area contributed by atoms with Gasteiger partial charge < -0.3 is 26.3 Å². The molecule has 15 rings (SSSR count). The van der Waals surface area contributed by atoms with Gasteiger partial charge in [-0.05, 0) is 184 Å². The minimum absolute atomic E-state index is 0. The molecular formula is C108H156BBr4Cl3FLiN3O14S15. The molecule has 837 valence electrons. The first kappa shape index (κ1) is 145. The quantitative estimate of drug-likeness (QED) is 0.00307. The molecular weight excluding hydrogens is 2510 g/mol. The molecule has 150 heavy (non-hydrogen) atoms. The number of nitrogens with zero attached hydrogens (tertiary/aromatic N) is 2. The van der Waals surface area contributed by atoms with Gasteiger partial charge in [-0.15, -0.1) is 125 Å². The van der Waals surface area contributed by atoms with E-state index in [9.17, 15) is 47.5 Å². The van der Waals surface area contributed by atoms with Crippen molar-refractivity contribution in [2.24, 2.45) is 4.30 Å². The van der Waals surface area contributed by atoms with Gasteiger partial charge in [-0.25, -0.2) is 15.3 Å². The molecule has 0 unspecified atom stereocenters. The second kappa shape index (κ2) is 93.4. The number of Topliss-reactive ketones (excluding diaryl/α,β-unsaturated/α-hetero) is 4. The van der Waals surface area contributed by atoms with E-state index in [0.29, 0.717) is 45.7 Å². The third kappa shape index (κ3) is 63.0. The van der Waals surface area contributed by atoms with E-state index in [-0.39, 0.29) is 36.8 Å². The van der Waals surface area contributed by atoms with Gasteiger partial charge in [0.25, 0.3) is 11.1 Å². The van der Waals surface area contributed by atoms with Gasteiger partial charge in [0.2, 0.25) is 0 Å². The average Bonchev–Trinajstić information content (AvgIpc) is 1.64. The van der Waals surface area contributed by atoms with Crippen molar-refractivity contribution in [2.75, 3.05) is 54.0 Å². The van der Waals surface area contributed by atoms with Gasteiger partial charge in [-0.3, -0.25) is 47.6 Å². The zero-order chi connectivity index (χ0) is 111. The molecule has 2 N–H and O–H groups in total. The molecule has 1 saturated heterocycles. The summed E-state index contributed by atoms with van der Waals surface area (Å²) in [5.41, 5.74) is 7.67. The van der Waals surface area contributed by atoms with Crippen LogP contribution < -0.4 is 24.3 Å². The summed E-state index contributed by atoms with van der Waals surface area (Å²) in [5, 5.41) is 17.6. The van der Waals surface area contributed by atoms with Crippen molar-refractivity contribution in [3.05, 3.63) is 151 Å². The number of hydrogen-bond donors (Lipinski definition) is 3. The SMILES string of the molecule is C1CCOC1.CC(=O)OC(C)=O.CCCCCCCCCC(=O)c1cc2c(Br)sc(Br)c2s1.CCCCCCCCCC(=O)c1cc2c(Br)sc(Br)c2s1.CCCCCCCCCC(=O)c1cc2c(s1)CSC2.CCCCCCCCCC(=O)c1cc2cscc2s1.CNOC.CON(C)C(=O)c1cc2c(s1)CSC2.ClCCl.O=C(Cl)c1cc2c(s1)CSC2.O=C(O)c1cc2c(s1)CSC2.[2HH].[2H]CF.[B]=NS.[CH2-]CCCCCCCC.[Li+]. The summed E-state index contributed by atoms with van der Waals surface area (Å²) in [4.78, 5) is 121. The number of thiophene rings is 10. The molecule has 0 atom stereocenters. The molecule has 5 aliphatic rings. The van der Waals surface area contributed by atoms with Crippen LogP contribution in [0.4, 0.5) is 4.39 Å². The van der Waals surface area contributed by atoms with Crippen LogP contribution in [0.5, 0.6) is 0 Å².